The van der Waals surface area contributed by atoms with Gasteiger partial charge >= 0.3 is 0 Å². The molecule has 8 nitrogen and oxygen atoms in total. The summed E-state index contributed by atoms with van der Waals surface area (Å²) in [6.07, 6.45) is 3.02. The van der Waals surface area contributed by atoms with Crippen LogP contribution in [0, 0.1) is 0 Å². The molecule has 140 valence electrons. The zero-order chi connectivity index (χ0) is 18.1. The molecule has 0 bridgehead atoms. The molecular formula is C17H22N4O4S. The Hall–Kier alpha value is -1.81. The van der Waals surface area contributed by atoms with Crippen LogP contribution in [-0.2, 0) is 14.9 Å². The van der Waals surface area contributed by atoms with E-state index in [9.17, 15) is 13.2 Å². The second-order valence-electron chi connectivity index (χ2n) is 6.65. The third-order valence-corrected chi connectivity index (χ3v) is 7.07. The maximum Gasteiger partial charge on any atom is 0.282 e. The summed E-state index contributed by atoms with van der Waals surface area (Å²) < 4.78 is 35.6. The Labute approximate surface area is 152 Å². The van der Waals surface area contributed by atoms with Gasteiger partial charge in [0.2, 0.25) is 0 Å². The van der Waals surface area contributed by atoms with Crippen molar-refractivity contribution in [3.05, 3.63) is 40.9 Å². The molecule has 4 rings (SSSR count). The summed E-state index contributed by atoms with van der Waals surface area (Å²) in [6.45, 7) is 2.36. The van der Waals surface area contributed by atoms with E-state index in [1.54, 1.807) is 23.0 Å². The summed E-state index contributed by atoms with van der Waals surface area (Å²) >= 11 is 0. The molecule has 3 heterocycles. The number of para-hydroxylation sites is 1. The Kier molecular flexibility index (Phi) is 4.78. The number of benzene rings is 1. The van der Waals surface area contributed by atoms with Gasteiger partial charge in [-0.15, -0.1) is 0 Å². The molecule has 26 heavy (non-hydrogen) atoms. The summed E-state index contributed by atoms with van der Waals surface area (Å²) in [5.74, 6) is 0. The molecule has 2 aliphatic rings. The van der Waals surface area contributed by atoms with Crippen LogP contribution in [0.2, 0.25) is 0 Å². The highest BCUT2D eigenvalue weighted by molar-refractivity contribution is 7.86. The Bertz CT molecular complexity index is 953. The van der Waals surface area contributed by atoms with Crippen LogP contribution in [0.4, 0.5) is 0 Å². The van der Waals surface area contributed by atoms with Crippen molar-refractivity contribution < 1.29 is 13.2 Å². The molecular weight excluding hydrogens is 356 g/mol. The molecule has 2 saturated heterocycles. The molecule has 0 spiro atoms. The number of piperidine rings is 1. The summed E-state index contributed by atoms with van der Waals surface area (Å²) in [7, 11) is -3.53. The lowest BCUT2D eigenvalue weighted by Gasteiger charge is -2.37. The van der Waals surface area contributed by atoms with Gasteiger partial charge in [0.25, 0.3) is 15.8 Å². The fraction of sp³-hybridized carbons (Fsp3) is 0.529. The molecule has 0 amide bonds. The first-order valence-electron chi connectivity index (χ1n) is 8.86. The van der Waals surface area contributed by atoms with E-state index in [2.05, 4.69) is 4.98 Å². The Morgan fingerprint density at radius 1 is 1.08 bits per heavy atom. The summed E-state index contributed by atoms with van der Waals surface area (Å²) in [5, 5.41) is 0.558. The van der Waals surface area contributed by atoms with Gasteiger partial charge in [0.15, 0.2) is 0 Å². The van der Waals surface area contributed by atoms with E-state index in [0.29, 0.717) is 56.7 Å². The zero-order valence-corrected chi connectivity index (χ0v) is 15.3. The number of morpholine rings is 1. The third-order valence-electron chi connectivity index (χ3n) is 5.07. The Morgan fingerprint density at radius 2 is 1.85 bits per heavy atom. The number of rotatable bonds is 3. The normalized spacial score (nSPS) is 23.3. The van der Waals surface area contributed by atoms with Gasteiger partial charge in [-0.2, -0.15) is 17.0 Å². The number of ether oxygens (including phenoxy) is 1. The van der Waals surface area contributed by atoms with Crippen molar-refractivity contribution >= 4 is 21.1 Å². The predicted molar refractivity (Wildman–Crippen MR) is 97.2 cm³/mol. The number of nitrogens with zero attached hydrogens (tertiary/aromatic N) is 4. The lowest BCUT2D eigenvalue weighted by molar-refractivity contribution is 0.0691. The monoisotopic (exact) mass is 378 g/mol. The third kappa shape index (κ3) is 3.16. The smallest absolute Gasteiger partial charge is 0.282 e. The zero-order valence-electron chi connectivity index (χ0n) is 14.5. The van der Waals surface area contributed by atoms with E-state index in [0.717, 1.165) is 6.42 Å². The molecule has 1 aromatic heterocycles. The van der Waals surface area contributed by atoms with Crippen LogP contribution in [0.3, 0.4) is 0 Å². The van der Waals surface area contributed by atoms with Crippen LogP contribution in [0.1, 0.15) is 18.9 Å². The Balaban J connectivity index is 1.61. The highest BCUT2D eigenvalue weighted by atomic mass is 32.2. The number of fused-ring (bicyclic) bond motifs is 1. The lowest BCUT2D eigenvalue weighted by Crippen LogP contribution is -2.52. The molecule has 1 unspecified atom stereocenters. The minimum atomic E-state index is -3.53. The van der Waals surface area contributed by atoms with Gasteiger partial charge in [-0.3, -0.25) is 9.36 Å². The van der Waals surface area contributed by atoms with Gasteiger partial charge in [0.05, 0.1) is 36.5 Å². The second-order valence-corrected chi connectivity index (χ2v) is 8.58. The highest BCUT2D eigenvalue weighted by Gasteiger charge is 2.35. The van der Waals surface area contributed by atoms with Gasteiger partial charge in [-0.1, -0.05) is 12.1 Å². The van der Waals surface area contributed by atoms with Crippen molar-refractivity contribution in [2.24, 2.45) is 0 Å². The Morgan fingerprint density at radius 3 is 2.65 bits per heavy atom. The fourth-order valence-electron chi connectivity index (χ4n) is 3.64. The maximum absolute atomic E-state index is 12.9. The number of hydrogen-bond acceptors (Lipinski definition) is 5. The van der Waals surface area contributed by atoms with Crippen LogP contribution in [0.15, 0.2) is 35.4 Å². The van der Waals surface area contributed by atoms with Crippen molar-refractivity contribution in [3.63, 3.8) is 0 Å². The molecule has 1 aromatic carbocycles. The standard InChI is InChI=1S/C17H22N4O4S/c22-17-15-5-1-2-6-16(15)18-13-21(17)14-4-3-7-20(12-14)26(23,24)19-8-10-25-11-9-19/h1-2,5-6,13-14H,3-4,7-12H2. The van der Waals surface area contributed by atoms with Gasteiger partial charge in [0.1, 0.15) is 0 Å². The second kappa shape index (κ2) is 7.07. The van der Waals surface area contributed by atoms with E-state index >= 15 is 0 Å². The van der Waals surface area contributed by atoms with E-state index in [4.69, 9.17) is 4.74 Å². The largest absolute Gasteiger partial charge is 0.379 e. The molecule has 9 heteroatoms. The minimum Gasteiger partial charge on any atom is -0.379 e. The van der Waals surface area contributed by atoms with E-state index < -0.39 is 10.2 Å². The fourth-order valence-corrected chi connectivity index (χ4v) is 5.30. The molecule has 2 aromatic rings. The van der Waals surface area contributed by atoms with Crippen LogP contribution in [0.5, 0.6) is 0 Å². The lowest BCUT2D eigenvalue weighted by atomic mass is 10.1. The SMILES string of the molecule is O=c1c2ccccc2ncn1C1CCCN(S(=O)(=O)N2CCOCC2)C1. The van der Waals surface area contributed by atoms with Crippen LogP contribution in [-0.4, -0.2) is 66.0 Å². The first-order chi connectivity index (χ1) is 12.6. The average Bonchev–Trinajstić information content (AvgIpc) is 2.69. The molecule has 0 N–H and O–H groups in total. The molecule has 2 fully saturated rings. The van der Waals surface area contributed by atoms with Crippen LogP contribution >= 0.6 is 0 Å². The molecule has 2 aliphatic heterocycles. The van der Waals surface area contributed by atoms with Crippen molar-refractivity contribution in [2.45, 2.75) is 18.9 Å². The quantitative estimate of drug-likeness (QED) is 0.781. The maximum atomic E-state index is 12.9. The van der Waals surface area contributed by atoms with E-state index in [1.165, 1.54) is 8.61 Å². The summed E-state index contributed by atoms with van der Waals surface area (Å²) in [5.41, 5.74) is 0.536. The van der Waals surface area contributed by atoms with Crippen molar-refractivity contribution in [2.75, 3.05) is 39.4 Å². The highest BCUT2D eigenvalue weighted by Crippen LogP contribution is 2.24. The first kappa shape index (κ1) is 17.6. The van der Waals surface area contributed by atoms with Gasteiger partial charge in [-0.05, 0) is 25.0 Å². The minimum absolute atomic E-state index is 0.119. The topological polar surface area (TPSA) is 84.7 Å². The molecule has 0 saturated carbocycles. The predicted octanol–water partition coefficient (Wildman–Crippen LogP) is 0.610. The number of hydrogen-bond donors (Lipinski definition) is 0. The van der Waals surface area contributed by atoms with Crippen molar-refractivity contribution in [1.29, 1.82) is 0 Å². The summed E-state index contributed by atoms with van der Waals surface area (Å²) in [4.78, 5) is 17.2. The van der Waals surface area contributed by atoms with Gasteiger partial charge in [-0.25, -0.2) is 4.98 Å². The van der Waals surface area contributed by atoms with Crippen molar-refractivity contribution in [1.82, 2.24) is 18.2 Å². The number of aromatic nitrogens is 2. The van der Waals surface area contributed by atoms with E-state index in [1.807, 2.05) is 12.1 Å². The van der Waals surface area contributed by atoms with Crippen LogP contribution < -0.4 is 5.56 Å². The van der Waals surface area contributed by atoms with Crippen LogP contribution in [0.25, 0.3) is 10.9 Å². The van der Waals surface area contributed by atoms with Crippen molar-refractivity contribution in [3.8, 4) is 0 Å². The molecule has 0 radical (unpaired) electrons. The van der Waals surface area contributed by atoms with E-state index in [-0.39, 0.29) is 11.6 Å². The molecule has 0 aliphatic carbocycles. The first-order valence-corrected chi connectivity index (χ1v) is 10.3. The van der Waals surface area contributed by atoms with Gasteiger partial charge in [0, 0.05) is 26.2 Å². The average molecular weight is 378 g/mol. The summed E-state index contributed by atoms with van der Waals surface area (Å²) in [6, 6.07) is 7.01. The molecule has 1 atom stereocenters. The van der Waals surface area contributed by atoms with Gasteiger partial charge < -0.3 is 4.74 Å².